The highest BCUT2D eigenvalue weighted by atomic mass is 32.1. The van der Waals surface area contributed by atoms with Gasteiger partial charge in [-0.15, -0.1) is 11.3 Å². The van der Waals surface area contributed by atoms with Gasteiger partial charge in [0.2, 0.25) is 0 Å². The standard InChI is InChI=1S/C22H34N6S/c1-5-23-21(24-14-20-16-29-22(26-20)27(3)4)25-19-10-12-28(13-11-19)15-18-9-7-6-8-17(18)2/h6-9,16,19H,5,10-15H2,1-4H3,(H2,23,24,25). The van der Waals surface area contributed by atoms with E-state index in [0.29, 0.717) is 12.6 Å². The van der Waals surface area contributed by atoms with Gasteiger partial charge in [-0.1, -0.05) is 24.3 Å². The van der Waals surface area contributed by atoms with Crippen LogP contribution in [0.4, 0.5) is 5.13 Å². The Morgan fingerprint density at radius 1 is 1.28 bits per heavy atom. The zero-order chi connectivity index (χ0) is 20.6. The maximum Gasteiger partial charge on any atom is 0.191 e. The van der Waals surface area contributed by atoms with Crippen molar-refractivity contribution in [3.63, 3.8) is 0 Å². The van der Waals surface area contributed by atoms with Crippen molar-refractivity contribution in [3.05, 3.63) is 46.5 Å². The molecule has 0 saturated carbocycles. The molecule has 1 aliphatic rings. The van der Waals surface area contributed by atoms with E-state index >= 15 is 0 Å². The molecule has 1 saturated heterocycles. The summed E-state index contributed by atoms with van der Waals surface area (Å²) >= 11 is 1.66. The van der Waals surface area contributed by atoms with Crippen LogP contribution in [0, 0.1) is 6.92 Å². The molecule has 7 heteroatoms. The zero-order valence-corrected chi connectivity index (χ0v) is 18.9. The molecule has 1 aliphatic heterocycles. The average molecular weight is 415 g/mol. The molecule has 0 bridgehead atoms. The second-order valence-electron chi connectivity index (χ2n) is 7.83. The number of hydrogen-bond donors (Lipinski definition) is 2. The van der Waals surface area contributed by atoms with Gasteiger partial charge in [-0.25, -0.2) is 9.98 Å². The Bertz CT molecular complexity index is 792. The Morgan fingerprint density at radius 2 is 2.03 bits per heavy atom. The quantitative estimate of drug-likeness (QED) is 0.538. The number of thiazole rings is 1. The van der Waals surface area contributed by atoms with Crippen molar-refractivity contribution in [2.24, 2.45) is 4.99 Å². The van der Waals surface area contributed by atoms with Crippen LogP contribution in [0.2, 0.25) is 0 Å². The molecule has 0 unspecified atom stereocenters. The van der Waals surface area contributed by atoms with Crippen molar-refractivity contribution in [3.8, 4) is 0 Å². The molecule has 29 heavy (non-hydrogen) atoms. The van der Waals surface area contributed by atoms with Crippen molar-refractivity contribution in [1.29, 1.82) is 0 Å². The number of rotatable bonds is 7. The maximum atomic E-state index is 4.76. The summed E-state index contributed by atoms with van der Waals surface area (Å²) in [6.45, 7) is 9.05. The van der Waals surface area contributed by atoms with E-state index < -0.39 is 0 Å². The van der Waals surface area contributed by atoms with E-state index in [-0.39, 0.29) is 0 Å². The van der Waals surface area contributed by atoms with Crippen LogP contribution in [-0.2, 0) is 13.1 Å². The maximum absolute atomic E-state index is 4.76. The van der Waals surface area contributed by atoms with Gasteiger partial charge in [0.15, 0.2) is 11.1 Å². The number of benzene rings is 1. The molecule has 6 nitrogen and oxygen atoms in total. The lowest BCUT2D eigenvalue weighted by molar-refractivity contribution is 0.198. The number of likely N-dealkylation sites (tertiary alicyclic amines) is 1. The summed E-state index contributed by atoms with van der Waals surface area (Å²) in [5.74, 6) is 0.893. The highest BCUT2D eigenvalue weighted by molar-refractivity contribution is 7.13. The number of aliphatic imine (C=N–C) groups is 1. The molecule has 1 aromatic heterocycles. The van der Waals surface area contributed by atoms with Crippen LogP contribution >= 0.6 is 11.3 Å². The third-order valence-corrected chi connectivity index (χ3v) is 6.31. The van der Waals surface area contributed by atoms with Gasteiger partial charge < -0.3 is 15.5 Å². The number of nitrogens with zero attached hydrogens (tertiary/aromatic N) is 4. The number of aromatic nitrogens is 1. The lowest BCUT2D eigenvalue weighted by Crippen LogP contribution is -2.48. The first-order valence-electron chi connectivity index (χ1n) is 10.5. The van der Waals surface area contributed by atoms with Crippen LogP contribution in [0.5, 0.6) is 0 Å². The molecule has 2 aromatic rings. The SMILES string of the molecule is CCNC(=NCc1csc(N(C)C)n1)NC1CCN(Cc2ccccc2C)CC1. The fourth-order valence-corrected chi connectivity index (χ4v) is 4.26. The molecule has 0 spiro atoms. The molecule has 1 fully saturated rings. The summed E-state index contributed by atoms with van der Waals surface area (Å²) in [5, 5.41) is 10.1. The summed E-state index contributed by atoms with van der Waals surface area (Å²) in [7, 11) is 4.03. The van der Waals surface area contributed by atoms with E-state index in [1.807, 2.05) is 19.0 Å². The number of nitrogens with one attached hydrogen (secondary N) is 2. The highest BCUT2D eigenvalue weighted by Crippen LogP contribution is 2.19. The van der Waals surface area contributed by atoms with Crippen LogP contribution in [-0.4, -0.2) is 55.6 Å². The van der Waals surface area contributed by atoms with Crippen LogP contribution in [0.15, 0.2) is 34.6 Å². The normalized spacial score (nSPS) is 16.1. The number of aryl methyl sites for hydroxylation is 1. The molecule has 0 radical (unpaired) electrons. The van der Waals surface area contributed by atoms with Gasteiger partial charge in [0.1, 0.15) is 0 Å². The Labute approximate surface area is 179 Å². The van der Waals surface area contributed by atoms with Crippen LogP contribution in [0.1, 0.15) is 36.6 Å². The predicted octanol–water partition coefficient (Wildman–Crippen LogP) is 3.24. The van der Waals surface area contributed by atoms with E-state index in [2.05, 4.69) is 64.0 Å². The Balaban J connectivity index is 1.50. The van der Waals surface area contributed by atoms with Crippen molar-refractivity contribution in [2.45, 2.75) is 45.8 Å². The fraction of sp³-hybridized carbons (Fsp3) is 0.545. The number of anilines is 1. The summed E-state index contributed by atoms with van der Waals surface area (Å²) in [6.07, 6.45) is 2.27. The summed E-state index contributed by atoms with van der Waals surface area (Å²) in [4.78, 5) is 14.0. The van der Waals surface area contributed by atoms with Gasteiger partial charge in [0.25, 0.3) is 0 Å². The van der Waals surface area contributed by atoms with Crippen molar-refractivity contribution in [2.75, 3.05) is 38.6 Å². The number of guanidine groups is 1. The molecular weight excluding hydrogens is 380 g/mol. The van der Waals surface area contributed by atoms with Gasteiger partial charge in [-0.3, -0.25) is 4.90 Å². The smallest absolute Gasteiger partial charge is 0.191 e. The minimum absolute atomic E-state index is 0.466. The third-order valence-electron chi connectivity index (χ3n) is 5.25. The summed E-state index contributed by atoms with van der Waals surface area (Å²) < 4.78 is 0. The van der Waals surface area contributed by atoms with Crippen molar-refractivity contribution in [1.82, 2.24) is 20.5 Å². The molecule has 0 amide bonds. The number of piperidine rings is 1. The summed E-state index contributed by atoms with van der Waals surface area (Å²) in [5.41, 5.74) is 3.84. The lowest BCUT2D eigenvalue weighted by atomic mass is 10.0. The average Bonchev–Trinajstić information content (AvgIpc) is 3.19. The van der Waals surface area contributed by atoms with E-state index in [1.54, 1.807) is 11.3 Å². The molecular formula is C22H34N6S. The minimum Gasteiger partial charge on any atom is -0.357 e. The third kappa shape index (κ3) is 6.44. The fourth-order valence-electron chi connectivity index (χ4n) is 3.51. The van der Waals surface area contributed by atoms with E-state index in [9.17, 15) is 0 Å². The predicted molar refractivity (Wildman–Crippen MR) is 124 cm³/mol. The molecule has 2 N–H and O–H groups in total. The van der Waals surface area contributed by atoms with Crippen LogP contribution in [0.3, 0.4) is 0 Å². The summed E-state index contributed by atoms with van der Waals surface area (Å²) in [6, 6.07) is 9.17. The largest absolute Gasteiger partial charge is 0.357 e. The van der Waals surface area contributed by atoms with Crippen LogP contribution in [0.25, 0.3) is 0 Å². The second kappa shape index (κ2) is 10.6. The van der Waals surface area contributed by atoms with Crippen LogP contribution < -0.4 is 15.5 Å². The highest BCUT2D eigenvalue weighted by Gasteiger charge is 2.20. The first-order chi connectivity index (χ1) is 14.0. The zero-order valence-electron chi connectivity index (χ0n) is 18.1. The Hall–Kier alpha value is -2.12. The molecule has 2 heterocycles. The van der Waals surface area contributed by atoms with Gasteiger partial charge in [0.05, 0.1) is 12.2 Å². The first-order valence-corrected chi connectivity index (χ1v) is 11.4. The van der Waals surface area contributed by atoms with Gasteiger partial charge in [-0.05, 0) is 37.8 Å². The molecule has 0 aliphatic carbocycles. The van der Waals surface area contributed by atoms with E-state index in [4.69, 9.17) is 4.99 Å². The second-order valence-corrected chi connectivity index (χ2v) is 8.67. The lowest BCUT2D eigenvalue weighted by Gasteiger charge is -2.33. The molecule has 3 rings (SSSR count). The van der Waals surface area contributed by atoms with Crippen molar-refractivity contribution < 1.29 is 0 Å². The molecule has 158 valence electrons. The van der Waals surface area contributed by atoms with Crippen molar-refractivity contribution >= 4 is 22.4 Å². The Morgan fingerprint density at radius 3 is 2.69 bits per heavy atom. The van der Waals surface area contributed by atoms with Gasteiger partial charge >= 0.3 is 0 Å². The first kappa shape index (κ1) is 21.6. The molecule has 1 aromatic carbocycles. The van der Waals surface area contributed by atoms with E-state index in [1.165, 1.54) is 11.1 Å². The minimum atomic E-state index is 0.466. The Kier molecular flexibility index (Phi) is 7.89. The monoisotopic (exact) mass is 414 g/mol. The topological polar surface area (TPSA) is 55.8 Å². The number of hydrogen-bond acceptors (Lipinski definition) is 5. The van der Waals surface area contributed by atoms with E-state index in [0.717, 1.165) is 55.8 Å². The van der Waals surface area contributed by atoms with Gasteiger partial charge in [-0.2, -0.15) is 0 Å². The molecule has 0 atom stereocenters. The van der Waals surface area contributed by atoms with Gasteiger partial charge in [0, 0.05) is 51.7 Å².